The molecule has 42 heavy (non-hydrogen) atoms. The monoisotopic (exact) mass is 595 g/mol. The number of nitrogen functional groups attached to an aromatic ring is 1. The van der Waals surface area contributed by atoms with Crippen LogP contribution in [0.15, 0.2) is 42.5 Å². The predicted molar refractivity (Wildman–Crippen MR) is 159 cm³/mol. The zero-order valence-electron chi connectivity index (χ0n) is 24.1. The van der Waals surface area contributed by atoms with Crippen LogP contribution in [-0.2, 0) is 18.2 Å². The van der Waals surface area contributed by atoms with Crippen LogP contribution in [-0.4, -0.2) is 37.2 Å². The highest BCUT2D eigenvalue weighted by Gasteiger charge is 2.27. The summed E-state index contributed by atoms with van der Waals surface area (Å²) in [4.78, 5) is 17.8. The number of halogens is 3. The van der Waals surface area contributed by atoms with E-state index in [-0.39, 0.29) is 17.8 Å². The molecule has 0 spiro atoms. The first-order chi connectivity index (χ1) is 19.5. The average Bonchev–Trinajstić information content (AvgIpc) is 3.15. The van der Waals surface area contributed by atoms with E-state index in [1.54, 1.807) is 56.8 Å². The van der Waals surface area contributed by atoms with E-state index in [9.17, 15) is 18.7 Å². The second-order valence-corrected chi connectivity index (χ2v) is 11.9. The van der Waals surface area contributed by atoms with Crippen LogP contribution in [0.4, 0.5) is 19.4 Å². The molecule has 1 amide bonds. The Hall–Kier alpha value is -4.20. The number of carbonyl (C=O) groups excluding carboxylic acids is 1. The molecule has 0 aliphatic carbocycles. The average molecular weight is 596 g/mol. The summed E-state index contributed by atoms with van der Waals surface area (Å²) < 4.78 is 35.5. The van der Waals surface area contributed by atoms with Crippen molar-refractivity contribution in [3.05, 3.63) is 76.1 Å². The highest BCUT2D eigenvalue weighted by molar-refractivity contribution is 6.37. The quantitative estimate of drug-likeness (QED) is 0.241. The van der Waals surface area contributed by atoms with Crippen molar-refractivity contribution in [2.75, 3.05) is 5.73 Å². The Morgan fingerprint density at radius 3 is 2.38 bits per heavy atom. The van der Waals surface area contributed by atoms with Crippen LogP contribution in [0.3, 0.4) is 0 Å². The highest BCUT2D eigenvalue weighted by Crippen LogP contribution is 2.39. The van der Waals surface area contributed by atoms with E-state index < -0.39 is 35.0 Å². The minimum atomic E-state index is -1.29. The highest BCUT2D eigenvalue weighted by atomic mass is 35.5. The number of ether oxygens (including phenoxy) is 1. The Morgan fingerprint density at radius 1 is 1.12 bits per heavy atom. The Bertz CT molecular complexity index is 1710. The Balaban J connectivity index is 1.98. The third-order valence-electron chi connectivity index (χ3n) is 6.06. The van der Waals surface area contributed by atoms with Gasteiger partial charge in [0.1, 0.15) is 28.5 Å². The van der Waals surface area contributed by atoms with Crippen molar-refractivity contribution in [1.29, 1.82) is 0 Å². The lowest BCUT2D eigenvalue weighted by Crippen LogP contribution is -2.36. The topological polar surface area (TPSA) is 115 Å². The molecular formula is C31H32ClF2N5O3. The fourth-order valence-corrected chi connectivity index (χ4v) is 4.76. The van der Waals surface area contributed by atoms with Gasteiger partial charge in [0.25, 0.3) is 0 Å². The van der Waals surface area contributed by atoms with Crippen LogP contribution in [0.1, 0.15) is 57.6 Å². The molecule has 2 aromatic heterocycles. The van der Waals surface area contributed by atoms with Gasteiger partial charge in [-0.05, 0) is 82.9 Å². The van der Waals surface area contributed by atoms with Gasteiger partial charge >= 0.3 is 6.09 Å². The molecule has 4 N–H and O–H groups in total. The second kappa shape index (κ2) is 11.6. The summed E-state index contributed by atoms with van der Waals surface area (Å²) in [5.41, 5.74) is 6.79. The van der Waals surface area contributed by atoms with Crippen LogP contribution < -0.4 is 11.1 Å². The Labute approximate surface area is 247 Å². The van der Waals surface area contributed by atoms with E-state index in [2.05, 4.69) is 22.3 Å². The molecule has 0 fully saturated rings. The number of pyridine rings is 1. The van der Waals surface area contributed by atoms with Crippen molar-refractivity contribution >= 4 is 34.4 Å². The van der Waals surface area contributed by atoms with Crippen molar-refractivity contribution in [3.63, 3.8) is 0 Å². The van der Waals surface area contributed by atoms with E-state index in [1.807, 2.05) is 0 Å². The molecule has 1 atom stereocenters. The molecule has 0 aliphatic rings. The number of rotatable bonds is 5. The molecule has 11 heteroatoms. The smallest absolute Gasteiger partial charge is 0.408 e. The molecule has 2 aromatic carbocycles. The number of amides is 1. The number of fused-ring (bicyclic) bond motifs is 1. The standard InChI is InChI=1S/C31H32ClF2N5O3/c1-30(2,3)42-29(40)37-24(15-17-13-18(33)16-19(34)14-17)26-21(8-7-20(36-26)11-12-31(4,5)41)22-9-10-23(32)25-27(22)39(6)38-28(25)35/h7-10,13-14,16,24,41H,15H2,1-6H3,(H2,35,38)(H,37,40)/t24-/m0/s1. The van der Waals surface area contributed by atoms with Gasteiger partial charge in [0, 0.05) is 24.2 Å². The molecule has 0 saturated carbocycles. The predicted octanol–water partition coefficient (Wildman–Crippen LogP) is 6.08. The first-order valence-electron chi connectivity index (χ1n) is 13.1. The number of benzene rings is 2. The van der Waals surface area contributed by atoms with Gasteiger partial charge in [0.15, 0.2) is 5.82 Å². The zero-order valence-corrected chi connectivity index (χ0v) is 24.9. The Morgan fingerprint density at radius 2 is 1.76 bits per heavy atom. The summed E-state index contributed by atoms with van der Waals surface area (Å²) in [6, 6.07) is 9.11. The van der Waals surface area contributed by atoms with Gasteiger partial charge in [-0.1, -0.05) is 23.6 Å². The van der Waals surface area contributed by atoms with Gasteiger partial charge in [-0.3, -0.25) is 4.68 Å². The SMILES string of the molecule is Cn1nc(N)c2c(Cl)ccc(-c3ccc(C#CC(C)(C)O)nc3[C@H](Cc3cc(F)cc(F)c3)NC(=O)OC(C)(C)C)c21. The number of hydrogen-bond acceptors (Lipinski definition) is 6. The third-order valence-corrected chi connectivity index (χ3v) is 6.37. The van der Waals surface area contributed by atoms with Crippen molar-refractivity contribution in [1.82, 2.24) is 20.1 Å². The maximum Gasteiger partial charge on any atom is 0.408 e. The lowest BCUT2D eigenvalue weighted by atomic mass is 9.94. The Kier molecular flexibility index (Phi) is 8.48. The van der Waals surface area contributed by atoms with Crippen molar-refractivity contribution in [2.24, 2.45) is 7.05 Å². The molecule has 4 rings (SSSR count). The van der Waals surface area contributed by atoms with Gasteiger partial charge in [0.2, 0.25) is 0 Å². The first-order valence-corrected chi connectivity index (χ1v) is 13.5. The number of nitrogens with zero attached hydrogens (tertiary/aromatic N) is 3. The molecule has 2 heterocycles. The molecular weight excluding hydrogens is 564 g/mol. The van der Waals surface area contributed by atoms with Crippen LogP contribution in [0.2, 0.25) is 5.02 Å². The van der Waals surface area contributed by atoms with Crippen LogP contribution in [0.5, 0.6) is 0 Å². The van der Waals surface area contributed by atoms with Crippen molar-refractivity contribution in [2.45, 2.75) is 58.3 Å². The summed E-state index contributed by atoms with van der Waals surface area (Å²) in [5.74, 6) is 4.31. The fraction of sp³-hybridized carbons (Fsp3) is 0.323. The number of alkyl carbamates (subject to hydrolysis) is 1. The number of aryl methyl sites for hydroxylation is 1. The van der Waals surface area contributed by atoms with E-state index in [0.717, 1.165) is 6.07 Å². The number of anilines is 1. The minimum Gasteiger partial charge on any atom is -0.444 e. The number of nitrogens with one attached hydrogen (secondary N) is 1. The first kappa shape index (κ1) is 30.8. The van der Waals surface area contributed by atoms with Crippen LogP contribution in [0.25, 0.3) is 22.0 Å². The summed E-state index contributed by atoms with van der Waals surface area (Å²) in [6.45, 7) is 8.24. The molecule has 0 radical (unpaired) electrons. The summed E-state index contributed by atoms with van der Waals surface area (Å²) >= 11 is 6.48. The number of nitrogens with two attached hydrogens (primary N) is 1. The number of aromatic nitrogens is 3. The zero-order chi connectivity index (χ0) is 31.0. The van der Waals surface area contributed by atoms with Gasteiger partial charge < -0.3 is 20.9 Å². The molecule has 220 valence electrons. The summed E-state index contributed by atoms with van der Waals surface area (Å²) in [7, 11) is 1.72. The van der Waals surface area contributed by atoms with Gasteiger partial charge in [-0.2, -0.15) is 5.10 Å². The second-order valence-electron chi connectivity index (χ2n) is 11.4. The van der Waals surface area contributed by atoms with Crippen LogP contribution in [0, 0.1) is 23.5 Å². The normalized spacial score (nSPS) is 12.5. The van der Waals surface area contributed by atoms with E-state index >= 15 is 0 Å². The largest absolute Gasteiger partial charge is 0.444 e. The molecule has 8 nitrogen and oxygen atoms in total. The fourth-order valence-electron chi connectivity index (χ4n) is 4.51. The summed E-state index contributed by atoms with van der Waals surface area (Å²) in [5, 5.41) is 18.3. The van der Waals surface area contributed by atoms with Crippen LogP contribution >= 0.6 is 11.6 Å². The number of aliphatic hydroxyl groups is 1. The third kappa shape index (κ3) is 7.35. The molecule has 0 aliphatic heterocycles. The maximum absolute atomic E-state index is 14.2. The van der Waals surface area contributed by atoms with Crippen molar-refractivity contribution in [3.8, 4) is 23.0 Å². The minimum absolute atomic E-state index is 0.0411. The molecule has 0 bridgehead atoms. The molecule has 0 unspecified atom stereocenters. The van der Waals surface area contributed by atoms with E-state index in [4.69, 9.17) is 27.1 Å². The lowest BCUT2D eigenvalue weighted by Gasteiger charge is -2.25. The lowest BCUT2D eigenvalue weighted by molar-refractivity contribution is 0.0502. The number of carbonyl (C=O) groups is 1. The maximum atomic E-state index is 14.2. The van der Waals surface area contributed by atoms with Crippen molar-refractivity contribution < 1.29 is 23.4 Å². The molecule has 0 saturated heterocycles. The van der Waals surface area contributed by atoms with Gasteiger partial charge in [0.05, 0.1) is 27.7 Å². The van der Waals surface area contributed by atoms with E-state index in [0.29, 0.717) is 38.4 Å². The van der Waals surface area contributed by atoms with Gasteiger partial charge in [-0.15, -0.1) is 0 Å². The molecule has 4 aromatic rings. The van der Waals surface area contributed by atoms with Gasteiger partial charge in [-0.25, -0.2) is 18.6 Å². The number of hydrogen-bond donors (Lipinski definition) is 3. The van der Waals surface area contributed by atoms with E-state index in [1.165, 1.54) is 26.0 Å². The summed E-state index contributed by atoms with van der Waals surface area (Å²) in [6.07, 6.45) is -0.795.